The van der Waals surface area contributed by atoms with Crippen molar-refractivity contribution in [3.05, 3.63) is 59.7 Å². The molecule has 0 saturated heterocycles. The molecule has 7 nitrogen and oxygen atoms in total. The molecule has 0 aliphatic carbocycles. The molecule has 1 unspecified atom stereocenters. The lowest BCUT2D eigenvalue weighted by Gasteiger charge is -2.26. The molecule has 2 aromatic carbocycles. The van der Waals surface area contributed by atoms with Crippen molar-refractivity contribution in [2.75, 3.05) is 10.8 Å². The van der Waals surface area contributed by atoms with E-state index < -0.39 is 28.0 Å². The maximum absolute atomic E-state index is 13.4. The highest BCUT2D eigenvalue weighted by molar-refractivity contribution is 7.93. The lowest BCUT2D eigenvalue weighted by atomic mass is 10.0. The van der Waals surface area contributed by atoms with E-state index >= 15 is 0 Å². The lowest BCUT2D eigenvalue weighted by molar-refractivity contribution is -0.141. The molecule has 1 amide bonds. The third-order valence-corrected chi connectivity index (χ3v) is 7.43. The number of carbonyl (C=O) groups excluding carboxylic acids is 1. The second kappa shape index (κ2) is 9.51. The Morgan fingerprint density at radius 1 is 1.13 bits per heavy atom. The Morgan fingerprint density at radius 3 is 2.48 bits per heavy atom. The van der Waals surface area contributed by atoms with Crippen LogP contribution in [0.5, 0.6) is 0 Å². The molecular weight excluding hydrogens is 416 g/mol. The average Bonchev–Trinajstić information content (AvgIpc) is 3.14. The Labute approximate surface area is 183 Å². The smallest absolute Gasteiger partial charge is 0.306 e. The number of fused-ring (bicyclic) bond motifs is 1. The van der Waals surface area contributed by atoms with E-state index in [1.54, 1.807) is 43.3 Å². The molecule has 0 aromatic heterocycles. The molecule has 0 saturated carbocycles. The molecule has 31 heavy (non-hydrogen) atoms. The van der Waals surface area contributed by atoms with Gasteiger partial charge in [-0.15, -0.1) is 0 Å². The Hall–Kier alpha value is -2.87. The van der Waals surface area contributed by atoms with Crippen molar-refractivity contribution in [3.8, 4) is 0 Å². The second-order valence-corrected chi connectivity index (χ2v) is 9.80. The van der Waals surface area contributed by atoms with Gasteiger partial charge in [-0.25, -0.2) is 8.42 Å². The third-order valence-electron chi connectivity index (χ3n) is 5.59. The van der Waals surface area contributed by atoms with Gasteiger partial charge >= 0.3 is 5.97 Å². The van der Waals surface area contributed by atoms with Crippen LogP contribution < -0.4 is 9.62 Å². The predicted molar refractivity (Wildman–Crippen MR) is 118 cm³/mol. The van der Waals surface area contributed by atoms with Gasteiger partial charge in [-0.05, 0) is 43.5 Å². The van der Waals surface area contributed by atoms with Gasteiger partial charge in [0.25, 0.3) is 10.0 Å². The van der Waals surface area contributed by atoms with Crippen molar-refractivity contribution in [1.82, 2.24) is 5.32 Å². The number of amides is 1. The van der Waals surface area contributed by atoms with Crippen LogP contribution in [0.1, 0.15) is 37.3 Å². The summed E-state index contributed by atoms with van der Waals surface area (Å²) in [6.07, 6.45) is 2.15. The molecule has 2 atom stereocenters. The van der Waals surface area contributed by atoms with E-state index in [9.17, 15) is 18.0 Å². The number of unbranched alkanes of at least 4 members (excludes halogenated alkanes) is 1. The molecule has 0 spiro atoms. The second-order valence-electron chi connectivity index (χ2n) is 7.99. The van der Waals surface area contributed by atoms with Crippen molar-refractivity contribution in [3.63, 3.8) is 0 Å². The summed E-state index contributed by atoms with van der Waals surface area (Å²) >= 11 is 0. The molecule has 3 rings (SSSR count). The fraction of sp³-hybridized carbons (Fsp3) is 0.391. The zero-order chi connectivity index (χ0) is 22.6. The van der Waals surface area contributed by atoms with Gasteiger partial charge in [-0.1, -0.05) is 49.2 Å². The number of rotatable bonds is 9. The predicted octanol–water partition coefficient (Wildman–Crippen LogP) is 3.12. The largest absolute Gasteiger partial charge is 0.481 e. The highest BCUT2D eigenvalue weighted by Crippen LogP contribution is 2.36. The van der Waals surface area contributed by atoms with Crippen LogP contribution in [0.3, 0.4) is 0 Å². The maximum atomic E-state index is 13.4. The SMILES string of the molecule is Cc1ccc(S(=O)(=O)N2c3ccccc3C[C@H]2C(=O)NCCCCC(C)C(=O)O)cc1. The maximum Gasteiger partial charge on any atom is 0.306 e. The minimum Gasteiger partial charge on any atom is -0.481 e. The molecular formula is C23H28N2O5S. The van der Waals surface area contributed by atoms with E-state index in [1.165, 1.54) is 4.31 Å². The summed E-state index contributed by atoms with van der Waals surface area (Å²) in [5.41, 5.74) is 2.29. The van der Waals surface area contributed by atoms with Crippen LogP contribution in [0.4, 0.5) is 5.69 Å². The van der Waals surface area contributed by atoms with Gasteiger partial charge in [-0.3, -0.25) is 13.9 Å². The molecule has 1 aliphatic heterocycles. The summed E-state index contributed by atoms with van der Waals surface area (Å²) in [4.78, 5) is 24.0. The zero-order valence-electron chi connectivity index (χ0n) is 17.7. The fourth-order valence-corrected chi connectivity index (χ4v) is 5.36. The van der Waals surface area contributed by atoms with Crippen molar-refractivity contribution in [2.24, 2.45) is 5.92 Å². The molecule has 1 aliphatic rings. The van der Waals surface area contributed by atoms with Crippen LogP contribution in [-0.2, 0) is 26.0 Å². The number of sulfonamides is 1. The van der Waals surface area contributed by atoms with Crippen molar-refractivity contribution < 1.29 is 23.1 Å². The average molecular weight is 445 g/mol. The van der Waals surface area contributed by atoms with Gasteiger partial charge in [0.2, 0.25) is 5.91 Å². The Kier molecular flexibility index (Phi) is 7.00. The minimum atomic E-state index is -3.91. The number of carboxylic acids is 1. The van der Waals surface area contributed by atoms with Crippen molar-refractivity contribution >= 4 is 27.6 Å². The van der Waals surface area contributed by atoms with Gasteiger partial charge in [0, 0.05) is 13.0 Å². The number of carboxylic acid groups (broad SMARTS) is 1. The monoisotopic (exact) mass is 444 g/mol. The number of aliphatic carboxylic acids is 1. The quantitative estimate of drug-likeness (QED) is 0.579. The van der Waals surface area contributed by atoms with Gasteiger partial charge < -0.3 is 10.4 Å². The van der Waals surface area contributed by atoms with Crippen molar-refractivity contribution in [2.45, 2.75) is 50.5 Å². The Morgan fingerprint density at radius 2 is 1.81 bits per heavy atom. The number of anilines is 1. The number of para-hydroxylation sites is 1. The van der Waals surface area contributed by atoms with Crippen LogP contribution in [0.25, 0.3) is 0 Å². The van der Waals surface area contributed by atoms with Gasteiger partial charge in [-0.2, -0.15) is 0 Å². The first-order valence-corrected chi connectivity index (χ1v) is 11.9. The minimum absolute atomic E-state index is 0.148. The Balaban J connectivity index is 1.74. The van der Waals surface area contributed by atoms with E-state index in [2.05, 4.69) is 5.32 Å². The van der Waals surface area contributed by atoms with Gasteiger partial charge in [0.05, 0.1) is 16.5 Å². The van der Waals surface area contributed by atoms with Crippen LogP contribution in [0.2, 0.25) is 0 Å². The zero-order valence-corrected chi connectivity index (χ0v) is 18.6. The molecule has 1 heterocycles. The van der Waals surface area contributed by atoms with Crippen LogP contribution in [-0.4, -0.2) is 38.0 Å². The number of hydrogen-bond donors (Lipinski definition) is 2. The summed E-state index contributed by atoms with van der Waals surface area (Å²) in [5, 5.41) is 11.8. The molecule has 0 bridgehead atoms. The van der Waals surface area contributed by atoms with E-state index in [-0.39, 0.29) is 10.8 Å². The molecule has 0 radical (unpaired) electrons. The van der Waals surface area contributed by atoms with Crippen molar-refractivity contribution in [1.29, 1.82) is 0 Å². The highest BCUT2D eigenvalue weighted by atomic mass is 32.2. The van der Waals surface area contributed by atoms with Gasteiger partial charge in [0.15, 0.2) is 0 Å². The van der Waals surface area contributed by atoms with Crippen LogP contribution >= 0.6 is 0 Å². The molecule has 2 aromatic rings. The summed E-state index contributed by atoms with van der Waals surface area (Å²) in [6.45, 7) is 3.91. The highest BCUT2D eigenvalue weighted by Gasteiger charge is 2.42. The van der Waals surface area contributed by atoms with Crippen LogP contribution in [0.15, 0.2) is 53.4 Å². The normalized spacial score (nSPS) is 16.6. The number of nitrogens with zero attached hydrogens (tertiary/aromatic N) is 1. The molecule has 166 valence electrons. The number of hydrogen-bond acceptors (Lipinski definition) is 4. The first-order valence-electron chi connectivity index (χ1n) is 10.4. The number of carbonyl (C=O) groups is 2. The summed E-state index contributed by atoms with van der Waals surface area (Å²) in [5.74, 6) is -1.60. The number of benzene rings is 2. The fourth-order valence-electron chi connectivity index (χ4n) is 3.71. The lowest BCUT2D eigenvalue weighted by Crippen LogP contribution is -2.48. The Bertz CT molecular complexity index is 1050. The van der Waals surface area contributed by atoms with E-state index in [0.29, 0.717) is 37.9 Å². The summed E-state index contributed by atoms with van der Waals surface area (Å²) in [7, 11) is -3.91. The molecule has 8 heteroatoms. The first kappa shape index (κ1) is 22.8. The topological polar surface area (TPSA) is 104 Å². The number of aryl methyl sites for hydroxylation is 1. The van der Waals surface area contributed by atoms with E-state index in [1.807, 2.05) is 19.1 Å². The van der Waals surface area contributed by atoms with Gasteiger partial charge in [0.1, 0.15) is 6.04 Å². The van der Waals surface area contributed by atoms with Crippen LogP contribution in [0, 0.1) is 12.8 Å². The summed E-state index contributed by atoms with van der Waals surface area (Å²) in [6, 6.07) is 12.9. The standard InChI is InChI=1S/C23H28N2O5S/c1-16-10-12-19(13-11-16)31(29,30)25-20-9-4-3-8-18(20)15-21(25)22(26)24-14-6-5-7-17(2)23(27)28/h3-4,8-13,17,21H,5-7,14-15H2,1-2H3,(H,24,26)(H,27,28)/t17?,21-/m0/s1. The first-order chi connectivity index (χ1) is 14.7. The molecule has 0 fully saturated rings. The van der Waals surface area contributed by atoms with E-state index in [0.717, 1.165) is 11.1 Å². The third kappa shape index (κ3) is 5.07. The summed E-state index contributed by atoms with van der Waals surface area (Å²) < 4.78 is 28.1. The van der Waals surface area contributed by atoms with E-state index in [4.69, 9.17) is 5.11 Å². The molecule has 2 N–H and O–H groups in total. The number of nitrogens with one attached hydrogen (secondary N) is 1.